The van der Waals surface area contributed by atoms with E-state index >= 15 is 0 Å². The van der Waals surface area contributed by atoms with Crippen molar-refractivity contribution in [2.75, 3.05) is 58.4 Å². The lowest BCUT2D eigenvalue weighted by Gasteiger charge is -2.38. The van der Waals surface area contributed by atoms with Gasteiger partial charge in [-0.1, -0.05) is 0 Å². The van der Waals surface area contributed by atoms with Crippen LogP contribution in [0.15, 0.2) is 18.2 Å². The molecule has 0 unspecified atom stereocenters. The molecule has 0 saturated carbocycles. The van der Waals surface area contributed by atoms with Crippen LogP contribution in [0, 0.1) is 29.1 Å². The molecule has 34 heavy (non-hydrogen) atoms. The highest BCUT2D eigenvalue weighted by molar-refractivity contribution is 5.79. The van der Waals surface area contributed by atoms with E-state index in [1.807, 2.05) is 19.0 Å². The molecule has 0 aromatic heterocycles. The Morgan fingerprint density at radius 1 is 1.12 bits per heavy atom. The van der Waals surface area contributed by atoms with Gasteiger partial charge in [0.1, 0.15) is 0 Å². The van der Waals surface area contributed by atoms with Gasteiger partial charge in [0.15, 0.2) is 0 Å². The predicted octanol–water partition coefficient (Wildman–Crippen LogP) is 3.61. The monoisotopic (exact) mass is 478 g/mol. The maximum atomic E-state index is 13.4. The quantitative estimate of drug-likeness (QED) is 0.662. The van der Waals surface area contributed by atoms with Gasteiger partial charge in [0.25, 0.3) is 0 Å². The average molecular weight is 479 g/mol. The number of halogens is 3. The zero-order valence-corrected chi connectivity index (χ0v) is 19.9. The summed E-state index contributed by atoms with van der Waals surface area (Å²) in [5.74, 6) is 0.743. The van der Waals surface area contributed by atoms with Crippen LogP contribution in [-0.2, 0) is 15.7 Å². The number of amides is 1. The lowest BCUT2D eigenvalue weighted by Crippen LogP contribution is -2.41. The third-order valence-electron chi connectivity index (χ3n) is 7.80. The SMILES string of the molecule is CN(C)C(=O)[C@@H]1CN(C2CCOCC2)C[C@H]1C1CCN(c2ccc(C#N)c(C(F)(F)F)c2)CC1. The second-order valence-electron chi connectivity index (χ2n) is 9.96. The van der Waals surface area contributed by atoms with Crippen LogP contribution in [0.4, 0.5) is 18.9 Å². The molecule has 1 amide bonds. The number of carbonyl (C=O) groups is 1. The van der Waals surface area contributed by atoms with Crippen LogP contribution in [0.25, 0.3) is 0 Å². The lowest BCUT2D eigenvalue weighted by molar-refractivity contribution is -0.137. The van der Waals surface area contributed by atoms with Gasteiger partial charge >= 0.3 is 6.18 Å². The van der Waals surface area contributed by atoms with Gasteiger partial charge in [-0.25, -0.2) is 0 Å². The van der Waals surface area contributed by atoms with Gasteiger partial charge in [0.2, 0.25) is 5.91 Å². The number of piperidine rings is 1. The molecule has 3 aliphatic heterocycles. The van der Waals surface area contributed by atoms with Crippen molar-refractivity contribution in [1.29, 1.82) is 5.26 Å². The van der Waals surface area contributed by atoms with Crippen LogP contribution < -0.4 is 4.90 Å². The highest BCUT2D eigenvalue weighted by Crippen LogP contribution is 2.40. The Morgan fingerprint density at radius 2 is 1.79 bits per heavy atom. The number of benzene rings is 1. The summed E-state index contributed by atoms with van der Waals surface area (Å²) < 4.78 is 45.7. The molecule has 1 aromatic rings. The number of nitriles is 1. The Kier molecular flexibility index (Phi) is 7.39. The van der Waals surface area contributed by atoms with E-state index in [1.165, 1.54) is 6.07 Å². The number of rotatable bonds is 4. The van der Waals surface area contributed by atoms with Crippen LogP contribution in [0.1, 0.15) is 36.8 Å². The number of nitrogens with zero attached hydrogens (tertiary/aromatic N) is 4. The van der Waals surface area contributed by atoms with Crippen LogP contribution in [0.3, 0.4) is 0 Å². The number of alkyl halides is 3. The topological polar surface area (TPSA) is 59.8 Å². The summed E-state index contributed by atoms with van der Waals surface area (Å²) in [5, 5.41) is 9.06. The van der Waals surface area contributed by atoms with Gasteiger partial charge in [-0.2, -0.15) is 18.4 Å². The average Bonchev–Trinajstić information content (AvgIpc) is 3.28. The van der Waals surface area contributed by atoms with E-state index in [4.69, 9.17) is 10.00 Å². The first-order chi connectivity index (χ1) is 16.2. The predicted molar refractivity (Wildman–Crippen MR) is 122 cm³/mol. The first kappa shape index (κ1) is 24.8. The number of carbonyl (C=O) groups excluding carboxylic acids is 1. The molecule has 0 spiro atoms. The fourth-order valence-electron chi connectivity index (χ4n) is 5.93. The molecule has 3 saturated heterocycles. The summed E-state index contributed by atoms with van der Waals surface area (Å²) in [7, 11) is 3.62. The summed E-state index contributed by atoms with van der Waals surface area (Å²) >= 11 is 0. The summed E-state index contributed by atoms with van der Waals surface area (Å²) in [5.41, 5.74) is -0.731. The fourth-order valence-corrected chi connectivity index (χ4v) is 5.93. The number of ether oxygens (including phenoxy) is 1. The van der Waals surface area contributed by atoms with Crippen molar-refractivity contribution in [3.8, 4) is 6.07 Å². The second kappa shape index (κ2) is 10.1. The zero-order chi connectivity index (χ0) is 24.5. The molecule has 0 bridgehead atoms. The summed E-state index contributed by atoms with van der Waals surface area (Å²) in [6.45, 7) is 4.49. The van der Waals surface area contributed by atoms with Crippen molar-refractivity contribution in [1.82, 2.24) is 9.80 Å². The third-order valence-corrected chi connectivity index (χ3v) is 7.80. The van der Waals surface area contributed by atoms with Gasteiger partial charge in [-0.3, -0.25) is 9.69 Å². The van der Waals surface area contributed by atoms with Crippen LogP contribution in [0.2, 0.25) is 0 Å². The van der Waals surface area contributed by atoms with Gasteiger partial charge in [-0.05, 0) is 55.7 Å². The summed E-state index contributed by atoms with van der Waals surface area (Å²) in [4.78, 5) is 19.2. The minimum absolute atomic E-state index is 0.0406. The van der Waals surface area contributed by atoms with E-state index < -0.39 is 11.7 Å². The smallest absolute Gasteiger partial charge is 0.381 e. The molecule has 0 N–H and O–H groups in total. The van der Waals surface area contributed by atoms with E-state index in [9.17, 15) is 18.0 Å². The minimum Gasteiger partial charge on any atom is -0.381 e. The first-order valence-corrected chi connectivity index (χ1v) is 12.1. The standard InChI is InChI=1S/C25H33F3N4O2/c1-30(2)24(33)22-16-32(19-7-11-34-12-8-19)15-21(22)17-5-9-31(10-6-17)20-4-3-18(14-29)23(13-20)25(26,27)28/h3-4,13,17,19,21-22H,5-12,15-16H2,1-2H3/t21-,22+/m0/s1. The Bertz CT molecular complexity index is 916. The Morgan fingerprint density at radius 3 is 2.38 bits per heavy atom. The molecule has 6 nitrogen and oxygen atoms in total. The second-order valence-corrected chi connectivity index (χ2v) is 9.96. The molecule has 1 aromatic carbocycles. The van der Waals surface area contributed by atoms with Gasteiger partial charge in [0.05, 0.1) is 23.1 Å². The van der Waals surface area contributed by atoms with Crippen molar-refractivity contribution < 1.29 is 22.7 Å². The molecule has 4 rings (SSSR count). The van der Waals surface area contributed by atoms with Crippen molar-refractivity contribution in [2.45, 2.75) is 37.9 Å². The van der Waals surface area contributed by atoms with E-state index in [0.29, 0.717) is 30.7 Å². The summed E-state index contributed by atoms with van der Waals surface area (Å²) in [6.07, 6.45) is -0.894. The van der Waals surface area contributed by atoms with E-state index in [0.717, 1.165) is 58.1 Å². The molecule has 0 radical (unpaired) electrons. The van der Waals surface area contributed by atoms with Gasteiger partial charge in [0, 0.05) is 65.2 Å². The van der Waals surface area contributed by atoms with Gasteiger partial charge in [-0.15, -0.1) is 0 Å². The molecule has 3 aliphatic rings. The molecule has 186 valence electrons. The zero-order valence-electron chi connectivity index (χ0n) is 19.9. The maximum Gasteiger partial charge on any atom is 0.417 e. The van der Waals surface area contributed by atoms with Crippen molar-refractivity contribution in [2.24, 2.45) is 17.8 Å². The first-order valence-electron chi connectivity index (χ1n) is 12.1. The van der Waals surface area contributed by atoms with E-state index in [2.05, 4.69) is 4.90 Å². The van der Waals surface area contributed by atoms with Crippen LogP contribution in [-0.4, -0.2) is 75.2 Å². The molecule has 9 heteroatoms. The third kappa shape index (κ3) is 5.18. The molecular weight excluding hydrogens is 445 g/mol. The highest BCUT2D eigenvalue weighted by atomic mass is 19.4. The Hall–Kier alpha value is -2.31. The van der Waals surface area contributed by atoms with Gasteiger partial charge < -0.3 is 14.5 Å². The number of hydrogen-bond donors (Lipinski definition) is 0. The number of hydrogen-bond acceptors (Lipinski definition) is 5. The van der Waals surface area contributed by atoms with Crippen LogP contribution >= 0.6 is 0 Å². The maximum absolute atomic E-state index is 13.4. The minimum atomic E-state index is -4.56. The molecule has 2 atom stereocenters. The molecular formula is C25H33F3N4O2. The molecule has 3 fully saturated rings. The van der Waals surface area contributed by atoms with Crippen molar-refractivity contribution in [3.63, 3.8) is 0 Å². The fraction of sp³-hybridized carbons (Fsp3) is 0.680. The van der Waals surface area contributed by atoms with E-state index in [-0.39, 0.29) is 23.3 Å². The Labute approximate surface area is 199 Å². The van der Waals surface area contributed by atoms with Crippen molar-refractivity contribution >= 4 is 11.6 Å². The molecule has 3 heterocycles. The summed E-state index contributed by atoms with van der Waals surface area (Å²) in [6, 6.07) is 6.07. The lowest BCUT2D eigenvalue weighted by atomic mass is 9.78. The highest BCUT2D eigenvalue weighted by Gasteiger charge is 2.45. The largest absolute Gasteiger partial charge is 0.417 e. The normalized spacial score (nSPS) is 25.4. The number of likely N-dealkylation sites (tertiary alicyclic amines) is 1. The van der Waals surface area contributed by atoms with Crippen LogP contribution in [0.5, 0.6) is 0 Å². The Balaban J connectivity index is 1.46. The van der Waals surface area contributed by atoms with Crippen molar-refractivity contribution in [3.05, 3.63) is 29.3 Å². The molecule has 0 aliphatic carbocycles. The number of anilines is 1. The van der Waals surface area contributed by atoms with E-state index in [1.54, 1.807) is 17.0 Å².